The van der Waals surface area contributed by atoms with Gasteiger partial charge in [0.15, 0.2) is 0 Å². The number of benzene rings is 2. The summed E-state index contributed by atoms with van der Waals surface area (Å²) in [4.78, 5) is 93.3. The van der Waals surface area contributed by atoms with E-state index in [2.05, 4.69) is 135 Å². The fourth-order valence-electron chi connectivity index (χ4n) is 18.1. The van der Waals surface area contributed by atoms with Crippen LogP contribution in [0.1, 0.15) is 189 Å². The number of rotatable bonds is 39. The van der Waals surface area contributed by atoms with Crippen molar-refractivity contribution in [2.45, 2.75) is 166 Å². The smallest absolute Gasteiger partial charge is 0.333 e. The Kier molecular flexibility index (Phi) is 36.2. The lowest BCUT2D eigenvalue weighted by atomic mass is 9.95. The van der Waals surface area contributed by atoms with Crippen LogP contribution in [0.3, 0.4) is 0 Å². The summed E-state index contributed by atoms with van der Waals surface area (Å²) in [5.74, 6) is -1.48. The van der Waals surface area contributed by atoms with E-state index in [1.165, 1.54) is 98.9 Å². The van der Waals surface area contributed by atoms with E-state index in [1.807, 2.05) is 58.6 Å². The number of carbonyl (C=O) groups excluding carboxylic acids is 4. The minimum absolute atomic E-state index is 0.0393. The molecule has 16 rings (SSSR count). The predicted molar refractivity (Wildman–Crippen MR) is 519 cm³/mol. The normalized spacial score (nSPS) is 21.3. The maximum atomic E-state index is 13.6. The minimum Gasteiger partial charge on any atom is -0.393 e. The van der Waals surface area contributed by atoms with Crippen LogP contribution in [-0.2, 0) is 111 Å². The SMILES string of the molecule is CC(C)(O)c1csc(C(=O)c2cncnc2N[C@@H]2C[C@H](COS(N)(=O)=O)[C@@H](O)C2)c1.CN(C)Cc1cn(Cc2csc(C(=O)c3cncnc3C[C@@H]3C[C@H](CCS(N)(=O)=O)[C@@H](O)C3)c2)c2ccccc12.NS(=O)(=O)OC[C@H]1C[C@@H](Cc2ncncc2C(=O)c2cc(CCCc3ccccc3)cs2)C[C@@H]1O.NS(=O)(=O)OC[C@H]1C[C@@H](Cc2ncncc2C(=O)c2cc(CN3CC=CC3)cs2)C[C@@H]1O. The number of nitrogens with zero attached hydrogens (tertiary/aromatic N) is 11. The van der Waals surface area contributed by atoms with Crippen molar-refractivity contribution in [1.29, 1.82) is 0 Å². The number of para-hydroxylation sites is 1. The van der Waals surface area contributed by atoms with E-state index < -0.39 is 76.9 Å². The number of primary sulfonamides is 1. The number of sulfonamides is 1. The van der Waals surface area contributed by atoms with E-state index in [1.54, 1.807) is 43.9 Å². The van der Waals surface area contributed by atoms with Crippen LogP contribution in [0.5, 0.6) is 0 Å². The summed E-state index contributed by atoms with van der Waals surface area (Å²) in [5, 5.41) is 83.4. The number of fused-ring (bicyclic) bond motifs is 1. The Balaban J connectivity index is 0.000000155. The third kappa shape index (κ3) is 30.8. The zero-order valence-corrected chi connectivity index (χ0v) is 82.5. The first kappa shape index (κ1) is 105. The second-order valence-corrected chi connectivity index (χ2v) is 45.3. The number of aliphatic hydroxyl groups is 5. The highest BCUT2D eigenvalue weighted by molar-refractivity contribution is 7.89. The van der Waals surface area contributed by atoms with E-state index in [9.17, 15) is 78.4 Å². The molecule has 44 heteroatoms. The minimum atomic E-state index is -4.08. The lowest BCUT2D eigenvalue weighted by Gasteiger charge is -2.16. The molecule has 11 aromatic rings. The molecule has 137 heavy (non-hydrogen) atoms. The number of thiophene rings is 4. The topological polar surface area (TPSA) is 564 Å². The van der Waals surface area contributed by atoms with Crippen LogP contribution < -0.4 is 25.9 Å². The maximum Gasteiger partial charge on any atom is 0.333 e. The first-order chi connectivity index (χ1) is 65.1. The zero-order chi connectivity index (χ0) is 98.1. The van der Waals surface area contributed by atoms with Crippen LogP contribution >= 0.6 is 45.3 Å². The van der Waals surface area contributed by atoms with Crippen molar-refractivity contribution in [2.75, 3.05) is 58.1 Å². The summed E-state index contributed by atoms with van der Waals surface area (Å²) < 4.78 is 105. The van der Waals surface area contributed by atoms with E-state index in [-0.39, 0.29) is 95.8 Å². The molecule has 0 spiro atoms. The van der Waals surface area contributed by atoms with Gasteiger partial charge in [-0.15, -0.1) is 45.3 Å². The van der Waals surface area contributed by atoms with Gasteiger partial charge in [0, 0.05) is 98.4 Å². The first-order valence-corrected chi connectivity index (χ1v) is 54.2. The number of hydrogen-bond acceptors (Lipinski definition) is 35. The molecule has 734 valence electrons. The number of ketones is 4. The molecule has 1 aliphatic heterocycles. The van der Waals surface area contributed by atoms with Crippen LogP contribution in [0.25, 0.3) is 10.9 Å². The summed E-state index contributed by atoms with van der Waals surface area (Å²) in [7, 11) is -11.6. The molecule has 10 heterocycles. The number of carbonyl (C=O) groups is 4. The van der Waals surface area contributed by atoms with Gasteiger partial charge < -0.3 is 40.3 Å². The number of aromatic nitrogens is 9. The summed E-state index contributed by atoms with van der Waals surface area (Å²) in [6.45, 7) is 6.91. The standard InChI is InChI=1S/C29H35N5O4S2.C25H29N3O5S2.C21H26N4O5S2.C18H24N4O6S2/c1-33(2)15-22-16-34(26-6-4-3-5-23(22)26)14-20-12-28(39-17-20)29(36)24-13-31-18-32-25(24)10-19-9-21(27(35)11-19)7-8-40(30,37)38;26-35(31,32)33-14-20-9-19(11-23(20)29)10-22-21(13-27-16-28-22)25(30)24-12-18(15-34-24)8-4-7-17-5-2-1-3-6-17;22-32(28,29)30-11-16-5-14(7-19(16)26)6-18-17(9-23-13-24-18)21(27)20-8-15(12-31-20)10-25-3-1-2-4-25;1-18(2,25)11-4-15(29-8-11)16(24)13-6-20-9-21-17(13)22-12-3-10(14(23)5-12)7-28-30(19,26)27/h3-6,12-13,16-19,21,27,35H,7-11,14-15H2,1-2H3,(H2,30,37,38);1-3,5-6,12-13,15-16,19-20,23,29H,4,7-11,14H2,(H2,26,31,32);1-2,8-9,12-14,16,19,26H,3-7,10-11H2,(H2,22,28,29);4,6,8-10,12,14,23,25H,3,5,7H2,1-2H3,(H2,19,26,27)(H,20,21,22)/t19-,21-,27-;19-,20+,23-;14-,16+,19-;10-,12-,14+/m0001/s1. The Morgan fingerprint density at radius 3 is 1.40 bits per heavy atom. The van der Waals surface area contributed by atoms with Crippen molar-refractivity contribution in [3.05, 3.63) is 261 Å². The molecule has 0 bridgehead atoms. The Bertz CT molecular complexity index is 6500. The molecule has 0 radical (unpaired) electrons. The van der Waals surface area contributed by atoms with Gasteiger partial charge in [-0.25, -0.2) is 68.8 Å². The van der Waals surface area contributed by atoms with Gasteiger partial charge in [0.05, 0.1) is 114 Å². The second-order valence-electron chi connectivity index (χ2n) is 36.2. The lowest BCUT2D eigenvalue weighted by Crippen LogP contribution is -2.24. The van der Waals surface area contributed by atoms with Gasteiger partial charge >= 0.3 is 30.9 Å². The van der Waals surface area contributed by atoms with Crippen molar-refractivity contribution < 1.29 is 90.9 Å². The van der Waals surface area contributed by atoms with Crippen molar-refractivity contribution in [2.24, 2.45) is 62.0 Å². The van der Waals surface area contributed by atoms with E-state index in [0.29, 0.717) is 148 Å². The monoisotopic (exact) mass is 2030 g/mol. The highest BCUT2D eigenvalue weighted by atomic mass is 32.2. The van der Waals surface area contributed by atoms with Gasteiger partial charge in [-0.3, -0.25) is 36.6 Å². The number of nitrogens with one attached hydrogen (secondary N) is 1. The van der Waals surface area contributed by atoms with Gasteiger partial charge in [-0.1, -0.05) is 60.7 Å². The molecule has 0 unspecified atom stereocenters. The Labute approximate surface area is 812 Å². The number of aryl methyl sites for hydroxylation is 2. The Morgan fingerprint density at radius 1 is 0.496 bits per heavy atom. The molecule has 4 saturated carbocycles. The van der Waals surface area contributed by atoms with E-state index in [0.717, 1.165) is 62.1 Å². The molecule has 14 N–H and O–H groups in total. The van der Waals surface area contributed by atoms with Gasteiger partial charge in [-0.2, -0.15) is 25.3 Å². The van der Waals surface area contributed by atoms with Crippen LogP contribution in [0.15, 0.2) is 169 Å². The zero-order valence-electron chi connectivity index (χ0n) is 75.9. The molecule has 4 fully saturated rings. The number of anilines is 1. The average molecular weight is 2030 g/mol. The number of aliphatic hydroxyl groups excluding tert-OH is 4. The van der Waals surface area contributed by atoms with Gasteiger partial charge in [0.1, 0.15) is 31.1 Å². The van der Waals surface area contributed by atoms with E-state index in [4.69, 9.17) is 20.6 Å². The van der Waals surface area contributed by atoms with Crippen molar-refractivity contribution in [1.82, 2.24) is 54.2 Å². The molecular formula is C93H114N16O20S8. The summed E-state index contributed by atoms with van der Waals surface area (Å²) in [6, 6.07) is 26.0. The highest BCUT2D eigenvalue weighted by Gasteiger charge is 2.40. The molecule has 12 atom stereocenters. The molecule has 5 aliphatic rings. The fraction of sp³-hybridized carbons (Fsp3) is 0.441. The average Bonchev–Trinajstić information content (AvgIpc) is 1.66. The summed E-state index contributed by atoms with van der Waals surface area (Å²) >= 11 is 5.49. The van der Waals surface area contributed by atoms with Crippen LogP contribution in [0.2, 0.25) is 0 Å². The molecule has 4 aliphatic carbocycles. The Morgan fingerprint density at radius 2 is 0.912 bits per heavy atom. The molecular weight excluding hydrogens is 1920 g/mol. The van der Waals surface area contributed by atoms with Crippen LogP contribution in [-0.4, -0.2) is 220 Å². The molecule has 0 saturated heterocycles. The van der Waals surface area contributed by atoms with Gasteiger partial charge in [0.2, 0.25) is 33.2 Å². The van der Waals surface area contributed by atoms with Crippen molar-refractivity contribution >= 4 is 126 Å². The van der Waals surface area contributed by atoms with Crippen molar-refractivity contribution in [3.8, 4) is 0 Å². The van der Waals surface area contributed by atoms with Crippen LogP contribution in [0, 0.1) is 41.4 Å². The summed E-state index contributed by atoms with van der Waals surface area (Å²) in [5.41, 5.74) is 10.2. The third-order valence-electron chi connectivity index (χ3n) is 24.8. The Hall–Kier alpha value is -9.44. The fourth-order valence-corrected chi connectivity index (χ4v) is 23.4. The largest absolute Gasteiger partial charge is 0.393 e. The molecule has 0 amide bonds. The second kappa shape index (κ2) is 47.2. The predicted octanol–water partition coefficient (Wildman–Crippen LogP) is 8.59. The highest BCUT2D eigenvalue weighted by Crippen LogP contribution is 2.41. The molecule has 9 aromatic heterocycles. The molecule has 2 aromatic carbocycles. The lowest BCUT2D eigenvalue weighted by molar-refractivity contribution is 0.0789. The number of nitrogens with two attached hydrogens (primary N) is 4. The third-order valence-corrected chi connectivity index (χ3v) is 30.9. The van der Waals surface area contributed by atoms with Crippen LogP contribution in [0.4, 0.5) is 5.82 Å². The maximum absolute atomic E-state index is 13.6. The van der Waals surface area contributed by atoms with Gasteiger partial charge in [-0.05, 0) is 233 Å². The summed E-state index contributed by atoms with van der Waals surface area (Å²) in [6.07, 6.45) is 24.1. The van der Waals surface area contributed by atoms with Crippen molar-refractivity contribution in [3.63, 3.8) is 0 Å². The van der Waals surface area contributed by atoms with E-state index >= 15 is 0 Å². The van der Waals surface area contributed by atoms with Gasteiger partial charge in [0.25, 0.3) is 0 Å². The number of hydrogen-bond donors (Lipinski definition) is 10. The molecule has 36 nitrogen and oxygen atoms in total. The quantitative estimate of drug-likeness (QED) is 0.0127. The first-order valence-electron chi connectivity index (χ1n) is 44.6.